The molecule has 0 fully saturated rings. The minimum atomic E-state index is -3.68. The highest BCUT2D eigenvalue weighted by Gasteiger charge is 2.17. The van der Waals surface area contributed by atoms with Crippen molar-refractivity contribution in [1.82, 2.24) is 4.72 Å². The lowest BCUT2D eigenvalue weighted by Crippen LogP contribution is -2.27. The molecular weight excluding hydrogens is 400 g/mol. The molecule has 0 aromatic heterocycles. The monoisotopic (exact) mass is 424 g/mol. The zero-order valence-electron chi connectivity index (χ0n) is 16.8. The van der Waals surface area contributed by atoms with Crippen LogP contribution in [-0.2, 0) is 27.7 Å². The summed E-state index contributed by atoms with van der Waals surface area (Å²) in [6.07, 6.45) is 2.09. The van der Waals surface area contributed by atoms with E-state index in [1.165, 1.54) is 28.6 Å². The Morgan fingerprint density at radius 2 is 1.73 bits per heavy atom. The summed E-state index contributed by atoms with van der Waals surface area (Å²) in [7, 11) is -3.68. The van der Waals surface area contributed by atoms with Gasteiger partial charge in [0, 0.05) is 24.0 Å². The molecule has 3 aromatic carbocycles. The molecule has 0 bridgehead atoms. The number of anilines is 1. The Hall–Kier alpha value is -2.90. The van der Waals surface area contributed by atoms with Gasteiger partial charge in [-0.25, -0.2) is 13.1 Å². The van der Waals surface area contributed by atoms with Crippen LogP contribution in [0.15, 0.2) is 59.5 Å². The highest BCUT2D eigenvalue weighted by atomic mass is 32.2. The zero-order chi connectivity index (χ0) is 21.1. The fourth-order valence-electron chi connectivity index (χ4n) is 3.83. The molecule has 0 aliphatic heterocycles. The lowest BCUT2D eigenvalue weighted by molar-refractivity contribution is -0.116. The Balaban J connectivity index is 1.37. The highest BCUT2D eigenvalue weighted by Crippen LogP contribution is 2.35. The molecule has 0 radical (unpaired) electrons. The molecular formula is C23H24N2O4S. The summed E-state index contributed by atoms with van der Waals surface area (Å²) in [5.41, 5.74) is 3.38. The molecule has 1 aliphatic carbocycles. The van der Waals surface area contributed by atoms with Crippen molar-refractivity contribution in [3.63, 3.8) is 0 Å². The van der Waals surface area contributed by atoms with E-state index >= 15 is 0 Å². The van der Waals surface area contributed by atoms with E-state index in [4.69, 9.17) is 4.74 Å². The largest absolute Gasteiger partial charge is 0.494 e. The molecule has 156 valence electrons. The maximum absolute atomic E-state index is 12.4. The van der Waals surface area contributed by atoms with Crippen molar-refractivity contribution < 1.29 is 17.9 Å². The second kappa shape index (κ2) is 8.45. The molecule has 0 heterocycles. The van der Waals surface area contributed by atoms with Crippen molar-refractivity contribution >= 4 is 32.4 Å². The van der Waals surface area contributed by atoms with Crippen LogP contribution in [0.5, 0.6) is 5.75 Å². The molecule has 1 aliphatic rings. The molecule has 0 spiro atoms. The molecule has 0 saturated heterocycles. The topological polar surface area (TPSA) is 84.5 Å². The zero-order valence-corrected chi connectivity index (χ0v) is 17.6. The number of carbonyl (C=O) groups excluding carboxylic acids is 1. The quantitative estimate of drug-likeness (QED) is 0.578. The van der Waals surface area contributed by atoms with Gasteiger partial charge >= 0.3 is 0 Å². The second-order valence-corrected chi connectivity index (χ2v) is 8.98. The fraction of sp³-hybridized carbons (Fsp3) is 0.261. The first-order chi connectivity index (χ1) is 14.5. The predicted octanol–water partition coefficient (Wildman–Crippen LogP) is 3.64. The molecule has 1 amide bonds. The predicted molar refractivity (Wildman–Crippen MR) is 117 cm³/mol. The standard InChI is InChI=1S/C23H24N2O4S/c1-2-29-18-9-11-19(12-10-18)30(27,28)24-15-14-22(26)25-21-13-8-17-7-6-16-4-3-5-20(21)23(16)17/h3-5,8-13,24H,2,6-7,14-15H2,1H3,(H,25,26). The number of aryl methyl sites for hydroxylation is 2. The average Bonchev–Trinajstić information content (AvgIpc) is 3.15. The lowest BCUT2D eigenvalue weighted by atomic mass is 10.0. The third-order valence-electron chi connectivity index (χ3n) is 5.24. The lowest BCUT2D eigenvalue weighted by Gasteiger charge is -2.11. The Labute approximate surface area is 176 Å². The van der Waals surface area contributed by atoms with Crippen LogP contribution >= 0.6 is 0 Å². The second-order valence-electron chi connectivity index (χ2n) is 7.21. The van der Waals surface area contributed by atoms with Gasteiger partial charge in [-0.2, -0.15) is 0 Å². The highest BCUT2D eigenvalue weighted by molar-refractivity contribution is 7.89. The van der Waals surface area contributed by atoms with Gasteiger partial charge in [0.15, 0.2) is 0 Å². The number of hydrogen-bond donors (Lipinski definition) is 2. The molecule has 0 unspecified atom stereocenters. The third-order valence-corrected chi connectivity index (χ3v) is 6.72. The summed E-state index contributed by atoms with van der Waals surface area (Å²) in [5, 5.41) is 5.19. The van der Waals surface area contributed by atoms with Crippen LogP contribution in [0.2, 0.25) is 0 Å². The van der Waals surface area contributed by atoms with Crippen LogP contribution < -0.4 is 14.8 Å². The van der Waals surface area contributed by atoms with Crippen molar-refractivity contribution in [3.8, 4) is 5.75 Å². The van der Waals surface area contributed by atoms with E-state index in [1.807, 2.05) is 25.1 Å². The van der Waals surface area contributed by atoms with Gasteiger partial charge in [-0.15, -0.1) is 0 Å². The van der Waals surface area contributed by atoms with E-state index in [0.717, 1.165) is 23.9 Å². The van der Waals surface area contributed by atoms with E-state index in [0.29, 0.717) is 12.4 Å². The number of ether oxygens (including phenoxy) is 1. The van der Waals surface area contributed by atoms with Crippen molar-refractivity contribution in [2.24, 2.45) is 0 Å². The van der Waals surface area contributed by atoms with E-state index in [2.05, 4.69) is 22.2 Å². The number of amides is 1. The van der Waals surface area contributed by atoms with Gasteiger partial charge in [-0.05, 0) is 66.6 Å². The normalized spacial score (nSPS) is 12.8. The minimum Gasteiger partial charge on any atom is -0.494 e. The number of rotatable bonds is 8. The van der Waals surface area contributed by atoms with Gasteiger partial charge in [-0.3, -0.25) is 4.79 Å². The van der Waals surface area contributed by atoms with Gasteiger partial charge in [0.1, 0.15) is 5.75 Å². The van der Waals surface area contributed by atoms with E-state index < -0.39 is 10.0 Å². The summed E-state index contributed by atoms with van der Waals surface area (Å²) in [5.74, 6) is 0.379. The van der Waals surface area contributed by atoms with Crippen molar-refractivity contribution in [2.75, 3.05) is 18.5 Å². The Kier molecular flexibility index (Phi) is 5.74. The van der Waals surface area contributed by atoms with Gasteiger partial charge in [0.05, 0.1) is 11.5 Å². The van der Waals surface area contributed by atoms with Gasteiger partial charge in [0.25, 0.3) is 0 Å². The number of benzene rings is 3. The Morgan fingerprint density at radius 1 is 1.00 bits per heavy atom. The first-order valence-electron chi connectivity index (χ1n) is 10.0. The number of carbonyl (C=O) groups is 1. The maximum atomic E-state index is 12.4. The van der Waals surface area contributed by atoms with Gasteiger partial charge in [0.2, 0.25) is 15.9 Å². The third kappa shape index (κ3) is 4.17. The van der Waals surface area contributed by atoms with Gasteiger partial charge < -0.3 is 10.1 Å². The van der Waals surface area contributed by atoms with Crippen LogP contribution in [0.25, 0.3) is 10.8 Å². The minimum absolute atomic E-state index is 0.0165. The van der Waals surface area contributed by atoms with Crippen molar-refractivity contribution in [1.29, 1.82) is 0 Å². The molecule has 0 atom stereocenters. The maximum Gasteiger partial charge on any atom is 0.240 e. The fourth-order valence-corrected chi connectivity index (χ4v) is 4.86. The smallest absolute Gasteiger partial charge is 0.240 e. The van der Waals surface area contributed by atoms with Gasteiger partial charge in [-0.1, -0.05) is 24.3 Å². The SMILES string of the molecule is CCOc1ccc(S(=O)(=O)NCCC(=O)Nc2ccc3c4c(cccc24)CC3)cc1. The van der Waals surface area contributed by atoms with E-state index in [-0.39, 0.29) is 23.8 Å². The van der Waals surface area contributed by atoms with Crippen LogP contribution in [0.3, 0.4) is 0 Å². The number of hydrogen-bond acceptors (Lipinski definition) is 4. The Morgan fingerprint density at radius 3 is 2.47 bits per heavy atom. The van der Waals surface area contributed by atoms with Crippen LogP contribution in [0.1, 0.15) is 24.5 Å². The van der Waals surface area contributed by atoms with Crippen LogP contribution in [-0.4, -0.2) is 27.5 Å². The molecule has 6 nitrogen and oxygen atoms in total. The van der Waals surface area contributed by atoms with E-state index in [9.17, 15) is 13.2 Å². The number of nitrogens with one attached hydrogen (secondary N) is 2. The summed E-state index contributed by atoms with van der Waals surface area (Å²) < 4.78 is 32.6. The first kappa shape index (κ1) is 20.4. The van der Waals surface area contributed by atoms with Crippen LogP contribution in [0, 0.1) is 0 Å². The first-order valence-corrected chi connectivity index (χ1v) is 11.5. The molecule has 7 heteroatoms. The summed E-state index contributed by atoms with van der Waals surface area (Å²) in [6.45, 7) is 2.39. The molecule has 2 N–H and O–H groups in total. The molecule has 30 heavy (non-hydrogen) atoms. The van der Waals surface area contributed by atoms with Crippen molar-refractivity contribution in [2.45, 2.75) is 31.1 Å². The number of sulfonamides is 1. The average molecular weight is 425 g/mol. The summed E-state index contributed by atoms with van der Waals surface area (Å²) in [6, 6.07) is 16.3. The van der Waals surface area contributed by atoms with E-state index in [1.54, 1.807) is 12.1 Å². The van der Waals surface area contributed by atoms with Crippen molar-refractivity contribution in [3.05, 3.63) is 65.7 Å². The summed E-state index contributed by atoms with van der Waals surface area (Å²) in [4.78, 5) is 12.6. The Bertz CT molecular complexity index is 1180. The molecule has 0 saturated carbocycles. The molecule has 3 aromatic rings. The summed E-state index contributed by atoms with van der Waals surface area (Å²) >= 11 is 0. The molecule has 4 rings (SSSR count). The van der Waals surface area contributed by atoms with Crippen LogP contribution in [0.4, 0.5) is 5.69 Å².